The Morgan fingerprint density at radius 3 is 2.50 bits per heavy atom. The molecule has 1 aliphatic rings. The number of carbonyl (C=O) groups is 3. The summed E-state index contributed by atoms with van der Waals surface area (Å²) in [6.07, 6.45) is -1.51. The van der Waals surface area contributed by atoms with E-state index >= 15 is 0 Å². The SMILES string of the molecule is COC(=O)CC(NC(=O)C1CC(O)CN1C(=O)OC(C)(C)C)c1ccc(-c2scnc2C)cc1. The summed E-state index contributed by atoms with van der Waals surface area (Å²) in [6.45, 7) is 7.13. The van der Waals surface area contributed by atoms with E-state index in [0.29, 0.717) is 5.56 Å². The predicted octanol–water partition coefficient (Wildman–Crippen LogP) is 3.21. The van der Waals surface area contributed by atoms with E-state index in [1.165, 1.54) is 23.3 Å². The molecular weight excluding hydrogens is 458 g/mol. The summed E-state index contributed by atoms with van der Waals surface area (Å²) in [5.41, 5.74) is 3.68. The maximum atomic E-state index is 13.2. The van der Waals surface area contributed by atoms with Crippen molar-refractivity contribution in [3.63, 3.8) is 0 Å². The third-order valence-corrected chi connectivity index (χ3v) is 6.42. The van der Waals surface area contributed by atoms with Crippen LogP contribution in [0.4, 0.5) is 4.79 Å². The predicted molar refractivity (Wildman–Crippen MR) is 127 cm³/mol. The molecule has 3 atom stereocenters. The second-order valence-electron chi connectivity index (χ2n) is 9.27. The van der Waals surface area contributed by atoms with Gasteiger partial charge in [0.25, 0.3) is 0 Å². The first-order valence-corrected chi connectivity index (χ1v) is 11.9. The topological polar surface area (TPSA) is 118 Å². The molecule has 0 aliphatic carbocycles. The van der Waals surface area contributed by atoms with Gasteiger partial charge in [0.05, 0.1) is 48.3 Å². The van der Waals surface area contributed by atoms with E-state index in [1.54, 1.807) is 26.3 Å². The number of β-amino-alcohol motifs (C(OH)–C–C–N with tert-alkyl or cyclic N) is 1. The van der Waals surface area contributed by atoms with Crippen LogP contribution in [0.2, 0.25) is 0 Å². The first kappa shape index (κ1) is 25.6. The van der Waals surface area contributed by atoms with Crippen molar-refractivity contribution in [1.82, 2.24) is 15.2 Å². The van der Waals surface area contributed by atoms with Gasteiger partial charge in [-0.3, -0.25) is 14.5 Å². The van der Waals surface area contributed by atoms with Crippen molar-refractivity contribution in [1.29, 1.82) is 0 Å². The van der Waals surface area contributed by atoms with Gasteiger partial charge in [-0.1, -0.05) is 24.3 Å². The van der Waals surface area contributed by atoms with Gasteiger partial charge in [-0.25, -0.2) is 9.78 Å². The number of benzene rings is 1. The van der Waals surface area contributed by atoms with Crippen LogP contribution in [0.5, 0.6) is 0 Å². The van der Waals surface area contributed by atoms with E-state index in [-0.39, 0.29) is 19.4 Å². The summed E-state index contributed by atoms with van der Waals surface area (Å²) in [7, 11) is 1.29. The van der Waals surface area contributed by atoms with Crippen molar-refractivity contribution in [3.8, 4) is 10.4 Å². The molecule has 2 aromatic rings. The van der Waals surface area contributed by atoms with Crippen LogP contribution >= 0.6 is 11.3 Å². The van der Waals surface area contributed by atoms with Gasteiger partial charge >= 0.3 is 12.1 Å². The number of hydrogen-bond acceptors (Lipinski definition) is 8. The standard InChI is InChI=1S/C24H31N3O6S/c1-14-21(34-13-25-14)16-8-6-15(7-9-16)18(11-20(29)32-5)26-22(30)19-10-17(28)12-27(19)23(31)33-24(2,3)4/h6-9,13,17-19,28H,10-12H2,1-5H3,(H,26,30). The summed E-state index contributed by atoms with van der Waals surface area (Å²) in [5, 5.41) is 13.0. The fourth-order valence-electron chi connectivity index (χ4n) is 3.80. The van der Waals surface area contributed by atoms with Crippen LogP contribution in [0.3, 0.4) is 0 Å². The number of amides is 2. The molecule has 2 N–H and O–H groups in total. The minimum Gasteiger partial charge on any atom is -0.469 e. The number of esters is 1. The molecule has 2 heterocycles. The number of aromatic nitrogens is 1. The Morgan fingerprint density at radius 1 is 1.26 bits per heavy atom. The number of nitrogens with one attached hydrogen (secondary N) is 1. The minimum absolute atomic E-state index is 0.00242. The van der Waals surface area contributed by atoms with Gasteiger partial charge in [0.2, 0.25) is 5.91 Å². The quantitative estimate of drug-likeness (QED) is 0.598. The Hall–Kier alpha value is -2.98. The van der Waals surface area contributed by atoms with Gasteiger partial charge in [0.15, 0.2) is 0 Å². The normalized spacial score (nSPS) is 18.9. The highest BCUT2D eigenvalue weighted by molar-refractivity contribution is 7.13. The number of nitrogens with zero attached hydrogens (tertiary/aromatic N) is 2. The molecule has 3 rings (SSSR count). The molecule has 1 aromatic heterocycles. The number of aliphatic hydroxyl groups is 1. The lowest BCUT2D eigenvalue weighted by Crippen LogP contribution is -2.48. The van der Waals surface area contributed by atoms with Gasteiger partial charge in [-0.05, 0) is 38.8 Å². The van der Waals surface area contributed by atoms with E-state index in [2.05, 4.69) is 10.3 Å². The molecule has 0 radical (unpaired) electrons. The van der Waals surface area contributed by atoms with Gasteiger partial charge in [-0.2, -0.15) is 0 Å². The molecule has 1 fully saturated rings. The van der Waals surface area contributed by atoms with Crippen molar-refractivity contribution in [3.05, 3.63) is 41.0 Å². The van der Waals surface area contributed by atoms with Crippen molar-refractivity contribution < 1.29 is 29.0 Å². The molecule has 184 valence electrons. The first-order chi connectivity index (χ1) is 16.0. The van der Waals surface area contributed by atoms with Crippen molar-refractivity contribution >= 4 is 29.3 Å². The van der Waals surface area contributed by atoms with E-state index in [9.17, 15) is 19.5 Å². The summed E-state index contributed by atoms with van der Waals surface area (Å²) in [6, 6.07) is 5.94. The zero-order valence-corrected chi connectivity index (χ0v) is 20.8. The first-order valence-electron chi connectivity index (χ1n) is 11.0. The van der Waals surface area contributed by atoms with Crippen LogP contribution in [-0.4, -0.2) is 64.4 Å². The third kappa shape index (κ3) is 6.32. The highest BCUT2D eigenvalue weighted by atomic mass is 32.1. The van der Waals surface area contributed by atoms with Crippen LogP contribution in [-0.2, 0) is 19.1 Å². The summed E-state index contributed by atoms with van der Waals surface area (Å²) < 4.78 is 10.2. The van der Waals surface area contributed by atoms with Crippen molar-refractivity contribution in [2.24, 2.45) is 0 Å². The van der Waals surface area contributed by atoms with Gasteiger partial charge in [-0.15, -0.1) is 11.3 Å². The Balaban J connectivity index is 1.80. The van der Waals surface area contributed by atoms with Crippen LogP contribution in [0.15, 0.2) is 29.8 Å². The second kappa shape index (κ2) is 10.5. The summed E-state index contributed by atoms with van der Waals surface area (Å²) >= 11 is 1.54. The lowest BCUT2D eigenvalue weighted by Gasteiger charge is -2.29. The van der Waals surface area contributed by atoms with Crippen LogP contribution in [0.25, 0.3) is 10.4 Å². The van der Waals surface area contributed by atoms with Crippen molar-refractivity contribution in [2.45, 2.75) is 64.3 Å². The maximum Gasteiger partial charge on any atom is 0.411 e. The molecule has 1 saturated heterocycles. The van der Waals surface area contributed by atoms with E-state index in [4.69, 9.17) is 9.47 Å². The Morgan fingerprint density at radius 2 is 1.94 bits per heavy atom. The lowest BCUT2D eigenvalue weighted by molar-refractivity contribution is -0.141. The molecule has 1 aromatic carbocycles. The average molecular weight is 490 g/mol. The molecule has 34 heavy (non-hydrogen) atoms. The number of aryl methyl sites for hydroxylation is 1. The smallest absolute Gasteiger partial charge is 0.411 e. The van der Waals surface area contributed by atoms with Gasteiger partial charge < -0.3 is 19.9 Å². The number of aliphatic hydroxyl groups excluding tert-OH is 1. The van der Waals surface area contributed by atoms with E-state index in [0.717, 1.165) is 16.1 Å². The fraction of sp³-hybridized carbons (Fsp3) is 0.500. The zero-order chi connectivity index (χ0) is 25.0. The van der Waals surface area contributed by atoms with E-state index in [1.807, 2.05) is 31.2 Å². The maximum absolute atomic E-state index is 13.2. The lowest BCUT2D eigenvalue weighted by atomic mass is 10.0. The number of ether oxygens (including phenoxy) is 2. The monoisotopic (exact) mass is 489 g/mol. The molecule has 9 nitrogen and oxygen atoms in total. The average Bonchev–Trinajstić information content (AvgIpc) is 3.37. The van der Waals surface area contributed by atoms with Crippen LogP contribution in [0, 0.1) is 6.92 Å². The molecule has 3 unspecified atom stereocenters. The summed E-state index contributed by atoms with van der Waals surface area (Å²) in [5.74, 6) is -0.957. The van der Waals surface area contributed by atoms with Gasteiger partial charge in [0, 0.05) is 6.42 Å². The highest BCUT2D eigenvalue weighted by Crippen LogP contribution is 2.29. The Bertz CT molecular complexity index is 1030. The molecule has 10 heteroatoms. The summed E-state index contributed by atoms with van der Waals surface area (Å²) in [4.78, 5) is 44.4. The van der Waals surface area contributed by atoms with Gasteiger partial charge in [0.1, 0.15) is 11.6 Å². The number of carbonyl (C=O) groups excluding carboxylic acids is 3. The van der Waals surface area contributed by atoms with Crippen molar-refractivity contribution in [2.75, 3.05) is 13.7 Å². The molecule has 0 bridgehead atoms. The zero-order valence-electron chi connectivity index (χ0n) is 20.0. The number of thiazole rings is 1. The largest absolute Gasteiger partial charge is 0.469 e. The second-order valence-corrected chi connectivity index (χ2v) is 10.1. The minimum atomic E-state index is -0.913. The number of likely N-dealkylation sites (tertiary alicyclic amines) is 1. The fourth-order valence-corrected chi connectivity index (χ4v) is 4.61. The molecule has 1 aliphatic heterocycles. The Kier molecular flexibility index (Phi) is 7.93. The van der Waals surface area contributed by atoms with Crippen LogP contribution < -0.4 is 5.32 Å². The molecule has 0 saturated carbocycles. The number of methoxy groups -OCH3 is 1. The van der Waals surface area contributed by atoms with E-state index < -0.39 is 41.8 Å². The van der Waals surface area contributed by atoms with Crippen LogP contribution in [0.1, 0.15) is 50.9 Å². The Labute approximate surface area is 203 Å². The molecule has 2 amide bonds. The molecule has 0 spiro atoms. The number of hydrogen-bond donors (Lipinski definition) is 2. The highest BCUT2D eigenvalue weighted by Gasteiger charge is 2.41. The molecular formula is C24H31N3O6S. The number of rotatable bonds is 6. The third-order valence-electron chi connectivity index (χ3n) is 5.45.